The summed E-state index contributed by atoms with van der Waals surface area (Å²) in [5.41, 5.74) is 3.13. The van der Waals surface area contributed by atoms with Gasteiger partial charge in [-0.2, -0.15) is 5.10 Å². The van der Waals surface area contributed by atoms with Crippen molar-refractivity contribution in [1.29, 1.82) is 0 Å². The Balaban J connectivity index is 2.13. The largest absolute Gasteiger partial charge is 0.490 e. The van der Waals surface area contributed by atoms with Crippen LogP contribution in [0.5, 0.6) is 11.5 Å². The van der Waals surface area contributed by atoms with Gasteiger partial charge < -0.3 is 14.6 Å². The number of carboxylic acid groups (broad SMARTS) is 1. The van der Waals surface area contributed by atoms with E-state index in [-0.39, 0.29) is 5.91 Å². The summed E-state index contributed by atoms with van der Waals surface area (Å²) >= 11 is 3.35. The number of ether oxygens (including phenoxy) is 2. The second kappa shape index (κ2) is 9.37. The summed E-state index contributed by atoms with van der Waals surface area (Å²) < 4.78 is 11.5. The lowest BCUT2D eigenvalue weighted by Crippen LogP contribution is -2.16. The molecule has 2 rings (SSSR count). The van der Waals surface area contributed by atoms with Crippen molar-refractivity contribution in [2.45, 2.75) is 6.92 Å². The van der Waals surface area contributed by atoms with Crippen LogP contribution < -0.4 is 14.9 Å². The van der Waals surface area contributed by atoms with E-state index in [9.17, 15) is 9.59 Å². The Kier molecular flexibility index (Phi) is 7.19. The molecule has 0 aliphatic rings. The summed E-state index contributed by atoms with van der Waals surface area (Å²) in [4.78, 5) is 23.1. The first-order chi connectivity index (χ1) is 12.0. The van der Waals surface area contributed by atoms with Gasteiger partial charge in [-0.3, -0.25) is 4.79 Å². The van der Waals surface area contributed by atoms with Crippen molar-refractivity contribution in [3.63, 3.8) is 0 Å². The molecule has 9 heteroatoms. The van der Waals surface area contributed by atoms with Crippen LogP contribution in [0.3, 0.4) is 0 Å². The van der Waals surface area contributed by atoms with Gasteiger partial charge in [-0.25, -0.2) is 10.2 Å². The summed E-state index contributed by atoms with van der Waals surface area (Å²) in [5, 5.41) is 14.5. The molecule has 25 heavy (non-hydrogen) atoms. The Hall–Kier alpha value is -2.14. The molecule has 7 nitrogen and oxygen atoms in total. The number of nitrogens with zero attached hydrogens (tertiary/aromatic N) is 1. The number of amides is 1. The number of benzene rings is 1. The van der Waals surface area contributed by atoms with Crippen LogP contribution in [-0.4, -0.2) is 36.4 Å². The summed E-state index contributed by atoms with van der Waals surface area (Å²) in [6.07, 6.45) is 1.48. The number of thiophene rings is 1. The van der Waals surface area contributed by atoms with E-state index < -0.39 is 12.6 Å². The van der Waals surface area contributed by atoms with Gasteiger partial charge in [0, 0.05) is 0 Å². The van der Waals surface area contributed by atoms with Crippen LogP contribution in [0.4, 0.5) is 0 Å². The molecule has 1 heterocycles. The number of hydrazone groups is 1. The van der Waals surface area contributed by atoms with E-state index in [1.54, 1.807) is 24.3 Å². The molecule has 0 atom stereocenters. The van der Waals surface area contributed by atoms with Crippen LogP contribution in [-0.2, 0) is 4.79 Å². The molecule has 1 aromatic carbocycles. The molecule has 0 spiro atoms. The molecule has 1 amide bonds. The van der Waals surface area contributed by atoms with Crippen molar-refractivity contribution in [3.05, 3.63) is 43.7 Å². The Labute approximate surface area is 161 Å². The lowest BCUT2D eigenvalue weighted by molar-refractivity contribution is -0.139. The molecule has 132 valence electrons. The number of nitrogens with one attached hydrogen (secondary N) is 1. The fourth-order valence-corrected chi connectivity index (χ4v) is 3.22. The van der Waals surface area contributed by atoms with Crippen molar-refractivity contribution < 1.29 is 24.2 Å². The Morgan fingerprint density at radius 1 is 1.40 bits per heavy atom. The molecule has 0 bridgehead atoms. The molecule has 1 aromatic heterocycles. The van der Waals surface area contributed by atoms with Gasteiger partial charge in [0.2, 0.25) is 0 Å². The highest BCUT2D eigenvalue weighted by Gasteiger charge is 2.13. The molecule has 0 unspecified atom stereocenters. The van der Waals surface area contributed by atoms with E-state index in [1.807, 2.05) is 34.9 Å². The first-order valence-electron chi connectivity index (χ1n) is 7.19. The minimum absolute atomic E-state index is 0.285. The third-order valence-corrected chi connectivity index (χ3v) is 4.47. The van der Waals surface area contributed by atoms with E-state index >= 15 is 0 Å². The number of carbonyl (C=O) groups is 2. The summed E-state index contributed by atoms with van der Waals surface area (Å²) in [6.45, 7) is 1.76. The second-order valence-electron chi connectivity index (χ2n) is 4.62. The fourth-order valence-electron chi connectivity index (χ4n) is 1.83. The van der Waals surface area contributed by atoms with Crippen LogP contribution in [0.1, 0.15) is 22.2 Å². The van der Waals surface area contributed by atoms with E-state index in [0.717, 1.165) is 0 Å². The van der Waals surface area contributed by atoms with Crippen molar-refractivity contribution in [2.75, 3.05) is 13.2 Å². The highest BCUT2D eigenvalue weighted by molar-refractivity contribution is 14.1. The smallest absolute Gasteiger partial charge is 0.341 e. The lowest BCUT2D eigenvalue weighted by atomic mass is 10.2. The number of aliphatic carboxylic acids is 1. The average molecular weight is 474 g/mol. The van der Waals surface area contributed by atoms with Gasteiger partial charge >= 0.3 is 5.97 Å². The molecular weight excluding hydrogens is 459 g/mol. The van der Waals surface area contributed by atoms with Crippen LogP contribution in [0, 0.1) is 3.57 Å². The fraction of sp³-hybridized carbons (Fsp3) is 0.188. The van der Waals surface area contributed by atoms with Gasteiger partial charge in [0.15, 0.2) is 18.1 Å². The van der Waals surface area contributed by atoms with E-state index in [0.29, 0.717) is 32.1 Å². The standard InChI is InChI=1S/C16H15IN2O5S/c1-2-23-12-7-10(6-11(17)15(12)24-9-14(20)21)8-18-19-16(22)13-4-3-5-25-13/h3-8H,2,9H2,1H3,(H,19,22)(H,20,21)/b18-8-. The number of carbonyl (C=O) groups excluding carboxylic acids is 1. The quantitative estimate of drug-likeness (QED) is 0.349. The van der Waals surface area contributed by atoms with Gasteiger partial charge in [0.1, 0.15) is 0 Å². The van der Waals surface area contributed by atoms with Crippen molar-refractivity contribution >= 4 is 52.0 Å². The molecule has 0 saturated carbocycles. The summed E-state index contributed by atoms with van der Waals surface area (Å²) in [6, 6.07) is 6.92. The number of hydrogen-bond acceptors (Lipinski definition) is 6. The normalized spacial score (nSPS) is 10.6. The van der Waals surface area contributed by atoms with Gasteiger partial charge in [0.05, 0.1) is 21.3 Å². The van der Waals surface area contributed by atoms with Gasteiger partial charge in [-0.15, -0.1) is 11.3 Å². The third-order valence-electron chi connectivity index (χ3n) is 2.80. The van der Waals surface area contributed by atoms with E-state index in [4.69, 9.17) is 14.6 Å². The van der Waals surface area contributed by atoms with Crippen LogP contribution in [0.2, 0.25) is 0 Å². The minimum atomic E-state index is -1.07. The predicted octanol–water partition coefficient (Wildman–Crippen LogP) is 2.98. The minimum Gasteiger partial charge on any atom is -0.490 e. The first-order valence-corrected chi connectivity index (χ1v) is 9.15. The second-order valence-corrected chi connectivity index (χ2v) is 6.73. The topological polar surface area (TPSA) is 97.2 Å². The lowest BCUT2D eigenvalue weighted by Gasteiger charge is -2.13. The van der Waals surface area contributed by atoms with Gasteiger partial charge in [-0.05, 0) is 58.7 Å². The Bertz CT molecular complexity index is 777. The number of hydrogen-bond donors (Lipinski definition) is 2. The average Bonchev–Trinajstić information content (AvgIpc) is 3.08. The Morgan fingerprint density at radius 3 is 2.84 bits per heavy atom. The molecule has 0 aliphatic heterocycles. The SMILES string of the molecule is CCOc1cc(/C=N\NC(=O)c2cccs2)cc(I)c1OCC(=O)O. The van der Waals surface area contributed by atoms with Crippen LogP contribution in [0.25, 0.3) is 0 Å². The molecule has 0 fully saturated rings. The van der Waals surface area contributed by atoms with Crippen molar-refractivity contribution in [1.82, 2.24) is 5.43 Å². The zero-order valence-electron chi connectivity index (χ0n) is 13.2. The molecular formula is C16H15IN2O5S. The van der Waals surface area contributed by atoms with Crippen LogP contribution >= 0.6 is 33.9 Å². The molecule has 0 saturated heterocycles. The van der Waals surface area contributed by atoms with Gasteiger partial charge in [0.25, 0.3) is 5.91 Å². The molecule has 2 N–H and O–H groups in total. The van der Waals surface area contributed by atoms with E-state index in [2.05, 4.69) is 10.5 Å². The molecule has 2 aromatic rings. The number of rotatable bonds is 8. The zero-order valence-corrected chi connectivity index (χ0v) is 16.2. The number of carboxylic acids is 1. The monoisotopic (exact) mass is 474 g/mol. The Morgan fingerprint density at radius 2 is 2.20 bits per heavy atom. The van der Waals surface area contributed by atoms with Crippen molar-refractivity contribution in [2.24, 2.45) is 5.10 Å². The van der Waals surface area contributed by atoms with Crippen molar-refractivity contribution in [3.8, 4) is 11.5 Å². The molecule has 0 radical (unpaired) electrons. The maximum absolute atomic E-state index is 11.8. The number of halogens is 1. The predicted molar refractivity (Wildman–Crippen MR) is 103 cm³/mol. The first kappa shape index (κ1) is 19.2. The highest BCUT2D eigenvalue weighted by atomic mass is 127. The van der Waals surface area contributed by atoms with Crippen LogP contribution in [0.15, 0.2) is 34.7 Å². The third kappa shape index (κ3) is 5.71. The summed E-state index contributed by atoms with van der Waals surface area (Å²) in [5.74, 6) is -0.570. The highest BCUT2D eigenvalue weighted by Crippen LogP contribution is 2.33. The maximum atomic E-state index is 11.8. The molecule has 0 aliphatic carbocycles. The maximum Gasteiger partial charge on any atom is 0.341 e. The summed E-state index contributed by atoms with van der Waals surface area (Å²) in [7, 11) is 0. The van der Waals surface area contributed by atoms with E-state index in [1.165, 1.54) is 17.6 Å². The zero-order chi connectivity index (χ0) is 18.2. The van der Waals surface area contributed by atoms with Gasteiger partial charge in [-0.1, -0.05) is 6.07 Å².